The van der Waals surface area contributed by atoms with Gasteiger partial charge in [0.15, 0.2) is 0 Å². The van der Waals surface area contributed by atoms with Crippen molar-refractivity contribution in [2.45, 2.75) is 30.6 Å². The van der Waals surface area contributed by atoms with Gasteiger partial charge in [-0.25, -0.2) is 0 Å². The average molecular weight is 471 g/mol. The number of hydrogen-bond donors (Lipinski definition) is 1. The van der Waals surface area contributed by atoms with E-state index in [1.807, 2.05) is 47.0 Å². The van der Waals surface area contributed by atoms with E-state index in [0.29, 0.717) is 22.8 Å². The van der Waals surface area contributed by atoms with Gasteiger partial charge in [-0.1, -0.05) is 24.3 Å². The summed E-state index contributed by atoms with van der Waals surface area (Å²) in [4.78, 5) is 26.9. The molecule has 0 aliphatic heterocycles. The van der Waals surface area contributed by atoms with Gasteiger partial charge in [-0.05, 0) is 79.8 Å². The highest BCUT2D eigenvalue weighted by atomic mass is 32.2. The SMILES string of the molecule is COc1ccc(C(=O)Nc2cccc(SCC(=O)n3c4c(c5ccccc53)CCCC4)c2)cc1. The van der Waals surface area contributed by atoms with E-state index in [-0.39, 0.29) is 11.8 Å². The van der Waals surface area contributed by atoms with E-state index < -0.39 is 0 Å². The molecule has 1 aliphatic carbocycles. The number of para-hydroxylation sites is 1. The molecule has 0 unspecified atom stereocenters. The molecular formula is C28H26N2O3S. The van der Waals surface area contributed by atoms with Crippen LogP contribution in [0, 0.1) is 0 Å². The fourth-order valence-corrected chi connectivity index (χ4v) is 5.40. The molecule has 5 rings (SSSR count). The van der Waals surface area contributed by atoms with Crippen LogP contribution in [0.15, 0.2) is 77.7 Å². The molecule has 5 nitrogen and oxygen atoms in total. The van der Waals surface area contributed by atoms with Crippen molar-refractivity contribution in [3.05, 3.63) is 89.6 Å². The van der Waals surface area contributed by atoms with Crippen LogP contribution in [0.5, 0.6) is 5.75 Å². The van der Waals surface area contributed by atoms with Gasteiger partial charge in [0.2, 0.25) is 5.91 Å². The first kappa shape index (κ1) is 22.3. The lowest BCUT2D eigenvalue weighted by Gasteiger charge is -2.15. The summed E-state index contributed by atoms with van der Waals surface area (Å²) in [5.74, 6) is 0.945. The third-order valence-corrected chi connectivity index (χ3v) is 7.21. The van der Waals surface area contributed by atoms with Crippen LogP contribution in [0.3, 0.4) is 0 Å². The number of nitrogens with zero attached hydrogens (tertiary/aromatic N) is 1. The number of amides is 1. The molecule has 0 radical (unpaired) electrons. The summed E-state index contributed by atoms with van der Waals surface area (Å²) in [6, 6.07) is 22.8. The van der Waals surface area contributed by atoms with Crippen molar-refractivity contribution in [3.8, 4) is 5.75 Å². The Labute approximate surface area is 203 Å². The largest absolute Gasteiger partial charge is 0.497 e. The van der Waals surface area contributed by atoms with Gasteiger partial charge in [-0.2, -0.15) is 0 Å². The van der Waals surface area contributed by atoms with Crippen molar-refractivity contribution in [2.75, 3.05) is 18.2 Å². The molecule has 0 bridgehead atoms. The standard InChI is InChI=1S/C28H26N2O3S/c1-33-21-15-13-19(14-16-21)28(32)29-20-7-6-8-22(17-20)34-18-27(31)30-25-11-4-2-9-23(25)24-10-3-5-12-26(24)30/h2,4,6-9,11,13-17H,3,5,10,12,18H2,1H3,(H,29,32). The predicted octanol–water partition coefficient (Wildman–Crippen LogP) is 6.21. The molecule has 6 heteroatoms. The summed E-state index contributed by atoms with van der Waals surface area (Å²) in [5.41, 5.74) is 4.78. The second-order valence-corrected chi connectivity index (χ2v) is 9.43. The summed E-state index contributed by atoms with van der Waals surface area (Å²) in [7, 11) is 1.59. The first-order chi connectivity index (χ1) is 16.6. The second-order valence-electron chi connectivity index (χ2n) is 8.38. The van der Waals surface area contributed by atoms with Gasteiger partial charge >= 0.3 is 0 Å². The lowest BCUT2D eigenvalue weighted by molar-refractivity contribution is 0.0942. The zero-order valence-corrected chi connectivity index (χ0v) is 19.9. The first-order valence-corrected chi connectivity index (χ1v) is 12.5. The maximum Gasteiger partial charge on any atom is 0.255 e. The third-order valence-electron chi connectivity index (χ3n) is 6.23. The number of aromatic nitrogens is 1. The first-order valence-electron chi connectivity index (χ1n) is 11.5. The Morgan fingerprint density at radius 3 is 2.59 bits per heavy atom. The van der Waals surface area contributed by atoms with Crippen LogP contribution < -0.4 is 10.1 Å². The van der Waals surface area contributed by atoms with E-state index in [0.717, 1.165) is 29.7 Å². The molecule has 0 saturated carbocycles. The van der Waals surface area contributed by atoms with Crippen LogP contribution >= 0.6 is 11.8 Å². The van der Waals surface area contributed by atoms with Crippen molar-refractivity contribution < 1.29 is 14.3 Å². The Bertz CT molecular complexity index is 1360. The summed E-state index contributed by atoms with van der Waals surface area (Å²) in [6.07, 6.45) is 4.30. The Kier molecular flexibility index (Phi) is 6.41. The molecule has 1 amide bonds. The monoisotopic (exact) mass is 470 g/mol. The number of fused-ring (bicyclic) bond motifs is 3. The van der Waals surface area contributed by atoms with Gasteiger partial charge in [0.25, 0.3) is 5.91 Å². The number of carbonyl (C=O) groups excluding carboxylic acids is 2. The maximum absolute atomic E-state index is 13.3. The van der Waals surface area contributed by atoms with Crippen LogP contribution in [0.2, 0.25) is 0 Å². The van der Waals surface area contributed by atoms with E-state index in [1.54, 1.807) is 31.4 Å². The van der Waals surface area contributed by atoms with E-state index in [4.69, 9.17) is 4.74 Å². The molecule has 4 aromatic rings. The van der Waals surface area contributed by atoms with Crippen molar-refractivity contribution in [1.29, 1.82) is 0 Å². The number of anilines is 1. The van der Waals surface area contributed by atoms with Crippen molar-refractivity contribution in [2.24, 2.45) is 0 Å². The Morgan fingerprint density at radius 1 is 0.971 bits per heavy atom. The zero-order valence-electron chi connectivity index (χ0n) is 19.0. The van der Waals surface area contributed by atoms with E-state index >= 15 is 0 Å². The van der Waals surface area contributed by atoms with Gasteiger partial charge in [0, 0.05) is 27.2 Å². The molecule has 1 N–H and O–H groups in total. The molecule has 0 saturated heterocycles. The number of rotatable bonds is 6. The highest BCUT2D eigenvalue weighted by molar-refractivity contribution is 8.00. The topological polar surface area (TPSA) is 60.3 Å². The second kappa shape index (κ2) is 9.77. The zero-order chi connectivity index (χ0) is 23.5. The van der Waals surface area contributed by atoms with Crippen molar-refractivity contribution >= 4 is 40.2 Å². The fraction of sp³-hybridized carbons (Fsp3) is 0.214. The molecule has 172 valence electrons. The summed E-state index contributed by atoms with van der Waals surface area (Å²) >= 11 is 1.49. The van der Waals surface area contributed by atoms with Gasteiger partial charge in [-0.3, -0.25) is 14.2 Å². The molecule has 1 aromatic heterocycles. The number of nitrogens with one attached hydrogen (secondary N) is 1. The highest BCUT2D eigenvalue weighted by Crippen LogP contribution is 2.33. The van der Waals surface area contributed by atoms with Crippen molar-refractivity contribution in [3.63, 3.8) is 0 Å². The number of ether oxygens (including phenoxy) is 1. The Hall–Kier alpha value is -3.51. The Balaban J connectivity index is 1.29. The number of benzene rings is 3. The number of carbonyl (C=O) groups is 2. The molecule has 1 aliphatic rings. The quantitative estimate of drug-likeness (QED) is 0.340. The average Bonchev–Trinajstić information content (AvgIpc) is 3.22. The summed E-state index contributed by atoms with van der Waals surface area (Å²) < 4.78 is 7.08. The normalized spacial score (nSPS) is 12.9. The molecule has 0 fully saturated rings. The van der Waals surface area contributed by atoms with Crippen LogP contribution in [0.4, 0.5) is 5.69 Å². The molecule has 0 spiro atoms. The maximum atomic E-state index is 13.3. The van der Waals surface area contributed by atoms with Gasteiger partial charge < -0.3 is 10.1 Å². The third kappa shape index (κ3) is 4.46. The van der Waals surface area contributed by atoms with E-state index in [2.05, 4.69) is 11.4 Å². The molecule has 3 aromatic carbocycles. The van der Waals surface area contributed by atoms with Crippen LogP contribution in [0.1, 0.15) is 39.3 Å². The smallest absolute Gasteiger partial charge is 0.255 e. The van der Waals surface area contributed by atoms with E-state index in [1.165, 1.54) is 34.8 Å². The fourth-order valence-electron chi connectivity index (χ4n) is 4.60. The number of thioether (sulfide) groups is 1. The predicted molar refractivity (Wildman–Crippen MR) is 137 cm³/mol. The molecule has 1 heterocycles. The number of aryl methyl sites for hydroxylation is 1. The molecular weight excluding hydrogens is 444 g/mol. The molecule has 34 heavy (non-hydrogen) atoms. The van der Waals surface area contributed by atoms with Gasteiger partial charge in [0.1, 0.15) is 5.75 Å². The summed E-state index contributed by atoms with van der Waals surface area (Å²) in [5, 5.41) is 4.14. The minimum atomic E-state index is -0.189. The van der Waals surface area contributed by atoms with Crippen molar-refractivity contribution in [1.82, 2.24) is 4.57 Å². The minimum absolute atomic E-state index is 0.0945. The lowest BCUT2D eigenvalue weighted by atomic mass is 9.96. The summed E-state index contributed by atoms with van der Waals surface area (Å²) in [6.45, 7) is 0. The number of methoxy groups -OCH3 is 1. The van der Waals surface area contributed by atoms with Crippen LogP contribution in [-0.2, 0) is 12.8 Å². The Morgan fingerprint density at radius 2 is 1.76 bits per heavy atom. The minimum Gasteiger partial charge on any atom is -0.497 e. The number of hydrogen-bond acceptors (Lipinski definition) is 4. The van der Waals surface area contributed by atoms with Crippen LogP contribution in [0.25, 0.3) is 10.9 Å². The van der Waals surface area contributed by atoms with Crippen LogP contribution in [-0.4, -0.2) is 29.2 Å². The highest BCUT2D eigenvalue weighted by Gasteiger charge is 2.23. The van der Waals surface area contributed by atoms with E-state index in [9.17, 15) is 9.59 Å². The van der Waals surface area contributed by atoms with Gasteiger partial charge in [0.05, 0.1) is 18.4 Å². The lowest BCUT2D eigenvalue weighted by Crippen LogP contribution is -2.18. The van der Waals surface area contributed by atoms with Gasteiger partial charge in [-0.15, -0.1) is 11.8 Å². The molecule has 0 atom stereocenters.